The van der Waals surface area contributed by atoms with E-state index in [9.17, 15) is 9.90 Å². The lowest BCUT2D eigenvalue weighted by Gasteiger charge is -2.19. The molecule has 0 aliphatic heterocycles. The average molecular weight is 355 g/mol. The number of hydrogen-bond donors (Lipinski definition) is 2. The Hall–Kier alpha value is -3.22. The summed E-state index contributed by atoms with van der Waals surface area (Å²) in [6.07, 6.45) is 0. The number of H-pyrrole nitrogens is 1. The summed E-state index contributed by atoms with van der Waals surface area (Å²) in [6, 6.07) is 8.69. The van der Waals surface area contributed by atoms with Gasteiger partial charge in [0.1, 0.15) is 5.75 Å². The largest absolute Gasteiger partial charge is 0.508 e. The smallest absolute Gasteiger partial charge is 0.282 e. The summed E-state index contributed by atoms with van der Waals surface area (Å²) in [5, 5.41) is 10.1. The van der Waals surface area contributed by atoms with Crippen LogP contribution in [0.5, 0.6) is 17.2 Å². The lowest BCUT2D eigenvalue weighted by molar-refractivity contribution is 0.354. The van der Waals surface area contributed by atoms with E-state index in [0.29, 0.717) is 40.5 Å². The molecule has 0 saturated carbocycles. The molecule has 0 fully saturated rings. The van der Waals surface area contributed by atoms with Crippen LogP contribution < -0.4 is 19.9 Å². The number of rotatable bonds is 5. The van der Waals surface area contributed by atoms with Crippen LogP contribution in [0.25, 0.3) is 10.9 Å². The van der Waals surface area contributed by atoms with Crippen molar-refractivity contribution in [1.82, 2.24) is 9.97 Å². The molecule has 2 aromatic carbocycles. The van der Waals surface area contributed by atoms with Crippen LogP contribution in [-0.2, 0) is 6.54 Å². The van der Waals surface area contributed by atoms with Crippen LogP contribution in [0.15, 0.2) is 35.1 Å². The maximum Gasteiger partial charge on any atom is 0.282 e. The molecule has 0 atom stereocenters. The Balaban J connectivity index is 2.06. The Morgan fingerprint density at radius 2 is 2.00 bits per heavy atom. The van der Waals surface area contributed by atoms with Gasteiger partial charge in [-0.1, -0.05) is 12.1 Å². The Morgan fingerprint density at radius 3 is 2.65 bits per heavy atom. The van der Waals surface area contributed by atoms with Gasteiger partial charge in [-0.05, 0) is 24.6 Å². The molecule has 1 heterocycles. The van der Waals surface area contributed by atoms with Gasteiger partial charge in [0.05, 0.1) is 25.1 Å². The molecule has 136 valence electrons. The maximum atomic E-state index is 12.6. The number of ether oxygens (including phenoxy) is 2. The van der Waals surface area contributed by atoms with E-state index < -0.39 is 0 Å². The second-order valence-electron chi connectivity index (χ2n) is 6.05. The van der Waals surface area contributed by atoms with Gasteiger partial charge >= 0.3 is 0 Å². The van der Waals surface area contributed by atoms with E-state index >= 15 is 0 Å². The van der Waals surface area contributed by atoms with Crippen LogP contribution >= 0.6 is 0 Å². The molecule has 0 saturated heterocycles. The zero-order valence-electron chi connectivity index (χ0n) is 15.2. The van der Waals surface area contributed by atoms with Gasteiger partial charge in [-0.25, -0.2) is 0 Å². The van der Waals surface area contributed by atoms with E-state index in [2.05, 4.69) is 9.97 Å². The Labute approximate surface area is 150 Å². The first-order valence-corrected chi connectivity index (χ1v) is 8.09. The summed E-state index contributed by atoms with van der Waals surface area (Å²) in [4.78, 5) is 21.8. The zero-order valence-corrected chi connectivity index (χ0v) is 15.2. The third-order valence-electron chi connectivity index (χ3n) is 4.27. The fourth-order valence-corrected chi connectivity index (χ4v) is 3.03. The van der Waals surface area contributed by atoms with Gasteiger partial charge in [0.25, 0.3) is 5.56 Å². The Morgan fingerprint density at radius 1 is 1.23 bits per heavy atom. The molecule has 0 spiro atoms. The minimum atomic E-state index is -0.338. The molecule has 0 aliphatic carbocycles. The summed E-state index contributed by atoms with van der Waals surface area (Å²) >= 11 is 0. The second-order valence-corrected chi connectivity index (χ2v) is 6.05. The highest BCUT2D eigenvalue weighted by atomic mass is 16.5. The van der Waals surface area contributed by atoms with E-state index in [4.69, 9.17) is 9.47 Å². The van der Waals surface area contributed by atoms with Crippen molar-refractivity contribution in [2.75, 3.05) is 26.2 Å². The normalized spacial score (nSPS) is 10.8. The molecule has 7 heteroatoms. The summed E-state index contributed by atoms with van der Waals surface area (Å²) in [7, 11) is 4.91. The molecule has 2 N–H and O–H groups in total. The Bertz CT molecular complexity index is 1010. The molecule has 0 amide bonds. The summed E-state index contributed by atoms with van der Waals surface area (Å²) in [5.74, 6) is 1.69. The molecule has 0 radical (unpaired) electrons. The monoisotopic (exact) mass is 355 g/mol. The van der Waals surface area contributed by atoms with Gasteiger partial charge in [0, 0.05) is 25.2 Å². The number of phenols is 1. The maximum absolute atomic E-state index is 12.6. The molecular weight excluding hydrogens is 334 g/mol. The number of nitrogens with one attached hydrogen (secondary N) is 1. The minimum absolute atomic E-state index is 0.198. The molecule has 1 aromatic heterocycles. The van der Waals surface area contributed by atoms with E-state index in [1.807, 2.05) is 18.0 Å². The number of aromatic hydroxyl groups is 1. The van der Waals surface area contributed by atoms with Gasteiger partial charge in [-0.15, -0.1) is 0 Å². The van der Waals surface area contributed by atoms with E-state index in [-0.39, 0.29) is 11.3 Å². The topological polar surface area (TPSA) is 87.7 Å². The highest BCUT2D eigenvalue weighted by molar-refractivity contribution is 5.86. The second kappa shape index (κ2) is 6.95. The summed E-state index contributed by atoms with van der Waals surface area (Å²) < 4.78 is 10.7. The molecule has 0 bridgehead atoms. The number of aryl methyl sites for hydroxylation is 1. The first-order valence-electron chi connectivity index (χ1n) is 8.09. The fraction of sp³-hybridized carbons (Fsp3) is 0.263. The predicted molar refractivity (Wildman–Crippen MR) is 100 cm³/mol. The standard InChI is InChI=1S/C19H21N3O4/c1-11-16-14(9-15(25-3)17(11)26-4)20-19(21-18(16)24)22(2)10-12-6-5-7-13(23)8-12/h5-9,23H,10H2,1-4H3,(H,20,21,24). The lowest BCUT2D eigenvalue weighted by atomic mass is 10.1. The number of hydrogen-bond acceptors (Lipinski definition) is 6. The average Bonchev–Trinajstić information content (AvgIpc) is 2.60. The van der Waals surface area contributed by atoms with Crippen molar-refractivity contribution in [1.29, 1.82) is 0 Å². The summed E-state index contributed by atoms with van der Waals surface area (Å²) in [6.45, 7) is 2.28. The van der Waals surface area contributed by atoms with E-state index in [0.717, 1.165) is 5.56 Å². The van der Waals surface area contributed by atoms with Crippen LogP contribution in [0.2, 0.25) is 0 Å². The van der Waals surface area contributed by atoms with Crippen LogP contribution in [0.3, 0.4) is 0 Å². The number of methoxy groups -OCH3 is 2. The molecule has 0 unspecified atom stereocenters. The molecule has 26 heavy (non-hydrogen) atoms. The van der Waals surface area contributed by atoms with Crippen molar-refractivity contribution in [3.8, 4) is 17.2 Å². The fourth-order valence-electron chi connectivity index (χ4n) is 3.03. The lowest BCUT2D eigenvalue weighted by Crippen LogP contribution is -2.23. The summed E-state index contributed by atoms with van der Waals surface area (Å²) in [5.41, 5.74) is 1.87. The van der Waals surface area contributed by atoms with Gasteiger partial charge in [-0.3, -0.25) is 4.79 Å². The predicted octanol–water partition coefficient (Wildman–Crippen LogP) is 2.59. The van der Waals surface area contributed by atoms with E-state index in [1.54, 1.807) is 38.3 Å². The van der Waals surface area contributed by atoms with Crippen molar-refractivity contribution in [3.63, 3.8) is 0 Å². The number of benzene rings is 2. The number of nitrogens with zero attached hydrogens (tertiary/aromatic N) is 2. The van der Waals surface area contributed by atoms with Crippen molar-refractivity contribution in [2.24, 2.45) is 0 Å². The van der Waals surface area contributed by atoms with Crippen LogP contribution in [0.1, 0.15) is 11.1 Å². The van der Waals surface area contributed by atoms with E-state index in [1.165, 1.54) is 7.11 Å². The van der Waals surface area contributed by atoms with Gasteiger partial charge in [0.2, 0.25) is 5.95 Å². The molecule has 3 rings (SSSR count). The van der Waals surface area contributed by atoms with Gasteiger partial charge in [0.15, 0.2) is 11.5 Å². The third-order valence-corrected chi connectivity index (χ3v) is 4.27. The van der Waals surface area contributed by atoms with Gasteiger partial charge in [-0.2, -0.15) is 4.98 Å². The van der Waals surface area contributed by atoms with Crippen molar-refractivity contribution in [3.05, 3.63) is 51.8 Å². The van der Waals surface area contributed by atoms with Crippen LogP contribution in [0.4, 0.5) is 5.95 Å². The number of anilines is 1. The molecular formula is C19H21N3O4. The highest BCUT2D eigenvalue weighted by Crippen LogP contribution is 2.35. The number of aromatic nitrogens is 2. The minimum Gasteiger partial charge on any atom is -0.508 e. The van der Waals surface area contributed by atoms with Crippen molar-refractivity contribution < 1.29 is 14.6 Å². The zero-order chi connectivity index (χ0) is 18.8. The van der Waals surface area contributed by atoms with Crippen LogP contribution in [0, 0.1) is 6.92 Å². The molecule has 0 aliphatic rings. The SMILES string of the molecule is COc1cc2[nH]c(N(C)Cc3cccc(O)c3)nc(=O)c2c(C)c1OC. The van der Waals surface area contributed by atoms with Crippen LogP contribution in [-0.4, -0.2) is 36.3 Å². The number of phenolic OH excluding ortho intramolecular Hbond substituents is 1. The number of fused-ring (bicyclic) bond motifs is 1. The molecule has 7 nitrogen and oxygen atoms in total. The highest BCUT2D eigenvalue weighted by Gasteiger charge is 2.17. The quantitative estimate of drug-likeness (QED) is 0.731. The first-order chi connectivity index (χ1) is 12.4. The molecule has 3 aromatic rings. The first kappa shape index (κ1) is 17.6. The van der Waals surface area contributed by atoms with Gasteiger partial charge < -0.3 is 24.5 Å². The Kier molecular flexibility index (Phi) is 4.71. The number of aromatic amines is 1. The third kappa shape index (κ3) is 3.15. The van der Waals surface area contributed by atoms with Crippen molar-refractivity contribution >= 4 is 16.9 Å². The van der Waals surface area contributed by atoms with Crippen molar-refractivity contribution in [2.45, 2.75) is 13.5 Å².